The predicted octanol–water partition coefficient (Wildman–Crippen LogP) is 5.99. The first-order valence-corrected chi connectivity index (χ1v) is 10.7. The number of methoxy groups -OCH3 is 1. The number of hydrogen-bond donors (Lipinski definition) is 0. The number of aromatic nitrogens is 2. The van der Waals surface area contributed by atoms with E-state index in [4.69, 9.17) is 37.4 Å². The Bertz CT molecular complexity index is 1360. The van der Waals surface area contributed by atoms with Crippen LogP contribution in [-0.2, 0) is 11.2 Å². The number of hydrogen-bond acceptors (Lipinski definition) is 7. The van der Waals surface area contributed by atoms with Gasteiger partial charge in [-0.2, -0.15) is 0 Å². The van der Waals surface area contributed by atoms with Gasteiger partial charge in [-0.3, -0.25) is 4.98 Å². The molecule has 0 spiro atoms. The van der Waals surface area contributed by atoms with Crippen molar-refractivity contribution in [1.29, 1.82) is 0 Å². The molecule has 158 valence electrons. The van der Waals surface area contributed by atoms with E-state index in [1.807, 2.05) is 6.07 Å². The maximum Gasteiger partial charge on any atom is 0.403 e. The molecule has 0 N–H and O–H groups in total. The lowest BCUT2D eigenvalue weighted by Crippen LogP contribution is -2.21. The van der Waals surface area contributed by atoms with Crippen LogP contribution in [0.4, 0.5) is 9.18 Å². The Morgan fingerprint density at radius 3 is 2.97 bits per heavy atom. The normalized spacial score (nSPS) is 15.2. The standard InChI is InChI=1S/C21H13Cl2FN2O4S/c1-28-11-3-9-2-10(22)4-13(17(9)25-7-11)20-26-16-6-15(24)18-14(19(16)31-20)5-12(30-18)8-29-21(23)27/h2-4,6-7,12H,5,8H2,1H3/t12-/m1/s1. The van der Waals surface area contributed by atoms with Gasteiger partial charge in [-0.25, -0.2) is 14.2 Å². The number of carbonyl (C=O) groups is 1. The molecule has 0 radical (unpaired) electrons. The highest BCUT2D eigenvalue weighted by atomic mass is 35.5. The molecular weight excluding hydrogens is 466 g/mol. The molecule has 0 saturated heterocycles. The Morgan fingerprint density at radius 1 is 1.35 bits per heavy atom. The van der Waals surface area contributed by atoms with Gasteiger partial charge in [0.1, 0.15) is 23.5 Å². The highest BCUT2D eigenvalue weighted by molar-refractivity contribution is 7.22. The van der Waals surface area contributed by atoms with Crippen LogP contribution in [0.15, 0.2) is 30.5 Å². The van der Waals surface area contributed by atoms with Crippen molar-refractivity contribution >= 4 is 61.1 Å². The summed E-state index contributed by atoms with van der Waals surface area (Å²) < 4.78 is 31.2. The highest BCUT2D eigenvalue weighted by Gasteiger charge is 2.30. The van der Waals surface area contributed by atoms with Crippen LogP contribution >= 0.6 is 34.5 Å². The van der Waals surface area contributed by atoms with Crippen molar-refractivity contribution < 1.29 is 23.4 Å². The molecule has 6 nitrogen and oxygen atoms in total. The molecule has 10 heteroatoms. The molecule has 0 aliphatic carbocycles. The number of thiazole rings is 1. The Morgan fingerprint density at radius 2 is 2.19 bits per heavy atom. The third kappa shape index (κ3) is 3.64. The Kier molecular flexibility index (Phi) is 5.08. The number of rotatable bonds is 4. The van der Waals surface area contributed by atoms with Crippen molar-refractivity contribution in [3.63, 3.8) is 0 Å². The molecule has 0 bridgehead atoms. The number of nitrogens with zero attached hydrogens (tertiary/aromatic N) is 2. The summed E-state index contributed by atoms with van der Waals surface area (Å²) in [6.45, 7) is -0.0612. The van der Waals surface area contributed by atoms with Crippen LogP contribution in [0.5, 0.6) is 11.5 Å². The smallest absolute Gasteiger partial charge is 0.403 e. The molecule has 4 aromatic rings. The van der Waals surface area contributed by atoms with Crippen LogP contribution in [0.1, 0.15) is 5.56 Å². The van der Waals surface area contributed by atoms with E-state index >= 15 is 0 Å². The van der Waals surface area contributed by atoms with Gasteiger partial charge in [-0.1, -0.05) is 11.6 Å². The number of ether oxygens (including phenoxy) is 3. The van der Waals surface area contributed by atoms with E-state index in [0.717, 1.165) is 15.6 Å². The van der Waals surface area contributed by atoms with Crippen LogP contribution in [0.3, 0.4) is 0 Å². The molecule has 0 unspecified atom stereocenters. The van der Waals surface area contributed by atoms with Crippen LogP contribution in [0, 0.1) is 5.82 Å². The van der Waals surface area contributed by atoms with Crippen molar-refractivity contribution in [3.8, 4) is 22.1 Å². The molecule has 2 aromatic heterocycles. The van der Waals surface area contributed by atoms with E-state index in [-0.39, 0.29) is 12.4 Å². The summed E-state index contributed by atoms with van der Waals surface area (Å²) in [6.07, 6.45) is 1.49. The van der Waals surface area contributed by atoms with Crippen molar-refractivity contribution in [2.24, 2.45) is 0 Å². The molecule has 0 amide bonds. The fraction of sp³-hybridized carbons (Fsp3) is 0.190. The van der Waals surface area contributed by atoms with Gasteiger partial charge in [0.25, 0.3) is 0 Å². The van der Waals surface area contributed by atoms with Gasteiger partial charge in [-0.05, 0) is 18.2 Å². The first kappa shape index (κ1) is 20.2. The van der Waals surface area contributed by atoms with Crippen LogP contribution < -0.4 is 9.47 Å². The second-order valence-electron chi connectivity index (χ2n) is 6.93. The third-order valence-corrected chi connectivity index (χ3v) is 6.46. The third-order valence-electron chi connectivity index (χ3n) is 4.97. The number of fused-ring (bicyclic) bond motifs is 4. The summed E-state index contributed by atoms with van der Waals surface area (Å²) in [5, 5.41) is 1.99. The van der Waals surface area contributed by atoms with Gasteiger partial charge in [-0.15, -0.1) is 11.3 Å². The zero-order valence-corrected chi connectivity index (χ0v) is 18.3. The Balaban J connectivity index is 1.61. The van der Waals surface area contributed by atoms with Crippen molar-refractivity contribution in [3.05, 3.63) is 46.9 Å². The van der Waals surface area contributed by atoms with Crippen LogP contribution in [0.25, 0.3) is 31.7 Å². The lowest BCUT2D eigenvalue weighted by Gasteiger charge is -2.09. The first-order chi connectivity index (χ1) is 14.9. The summed E-state index contributed by atoms with van der Waals surface area (Å²) in [5.41, 5.74) is 1.73. The summed E-state index contributed by atoms with van der Waals surface area (Å²) in [4.78, 5) is 20.0. The quantitative estimate of drug-likeness (QED) is 0.335. The monoisotopic (exact) mass is 478 g/mol. The second-order valence-corrected chi connectivity index (χ2v) is 8.67. The van der Waals surface area contributed by atoms with E-state index in [1.165, 1.54) is 17.4 Å². The second kappa shape index (κ2) is 7.78. The number of benzene rings is 2. The minimum absolute atomic E-state index is 0.0612. The fourth-order valence-corrected chi connectivity index (χ4v) is 5.06. The van der Waals surface area contributed by atoms with Crippen molar-refractivity contribution in [2.45, 2.75) is 12.5 Å². The predicted molar refractivity (Wildman–Crippen MR) is 117 cm³/mol. The van der Waals surface area contributed by atoms with Gasteiger partial charge >= 0.3 is 5.43 Å². The van der Waals surface area contributed by atoms with E-state index in [0.29, 0.717) is 38.8 Å². The van der Waals surface area contributed by atoms with Crippen LogP contribution in [-0.4, -0.2) is 35.2 Å². The van der Waals surface area contributed by atoms with Gasteiger partial charge in [0, 0.05) is 45.6 Å². The van der Waals surface area contributed by atoms with E-state index in [1.54, 1.807) is 25.4 Å². The molecule has 5 rings (SSSR count). The summed E-state index contributed by atoms with van der Waals surface area (Å²) in [5.74, 6) is 0.251. The van der Waals surface area contributed by atoms with Gasteiger partial charge in [0.05, 0.1) is 29.0 Å². The molecule has 1 atom stereocenters. The number of halogens is 3. The molecule has 0 fully saturated rings. The largest absolute Gasteiger partial charge is 0.495 e. The minimum atomic E-state index is -0.929. The maximum atomic E-state index is 14.7. The molecule has 1 aliphatic heterocycles. The topological polar surface area (TPSA) is 70.5 Å². The zero-order chi connectivity index (χ0) is 21.7. The average molecular weight is 479 g/mol. The molecule has 1 aliphatic rings. The molecular formula is C21H13Cl2FN2O4S. The first-order valence-electron chi connectivity index (χ1n) is 9.17. The van der Waals surface area contributed by atoms with Crippen LogP contribution in [0.2, 0.25) is 5.02 Å². The Labute approximate surface area is 189 Å². The maximum absolute atomic E-state index is 14.7. The lowest BCUT2D eigenvalue weighted by molar-refractivity contribution is 0.107. The Hall–Kier alpha value is -2.68. The fourth-order valence-electron chi connectivity index (χ4n) is 3.66. The molecule has 2 aromatic carbocycles. The molecule has 31 heavy (non-hydrogen) atoms. The van der Waals surface area contributed by atoms with Crippen molar-refractivity contribution in [2.75, 3.05) is 13.7 Å². The van der Waals surface area contributed by atoms with Gasteiger partial charge < -0.3 is 14.2 Å². The van der Waals surface area contributed by atoms with Gasteiger partial charge in [0.2, 0.25) is 0 Å². The zero-order valence-electron chi connectivity index (χ0n) is 15.9. The van der Waals surface area contributed by atoms with E-state index < -0.39 is 17.3 Å². The SMILES string of the molecule is COc1cnc2c(-c3nc4cc(F)c5c(c4s3)C[C@H](COC(=O)Cl)O5)cc(Cl)cc2c1. The summed E-state index contributed by atoms with van der Waals surface area (Å²) >= 11 is 13.0. The number of carbonyl (C=O) groups excluding carboxylic acids is 1. The summed E-state index contributed by atoms with van der Waals surface area (Å²) in [7, 11) is 1.57. The average Bonchev–Trinajstić information content (AvgIpc) is 3.35. The molecule has 3 heterocycles. The molecule has 0 saturated carbocycles. The van der Waals surface area contributed by atoms with E-state index in [2.05, 4.69) is 9.97 Å². The summed E-state index contributed by atoms with van der Waals surface area (Å²) in [6, 6.07) is 6.78. The lowest BCUT2D eigenvalue weighted by atomic mass is 10.1. The highest BCUT2D eigenvalue weighted by Crippen LogP contribution is 2.43. The number of pyridine rings is 1. The van der Waals surface area contributed by atoms with E-state index in [9.17, 15) is 9.18 Å². The van der Waals surface area contributed by atoms with Crippen molar-refractivity contribution in [1.82, 2.24) is 9.97 Å². The van der Waals surface area contributed by atoms with Gasteiger partial charge in [0.15, 0.2) is 11.6 Å². The minimum Gasteiger partial charge on any atom is -0.495 e.